The minimum absolute atomic E-state index is 0.687. The number of rotatable bonds is 3. The van der Waals surface area contributed by atoms with E-state index in [0.717, 1.165) is 0 Å². The molecule has 5 heteroatoms. The van der Waals surface area contributed by atoms with Crippen molar-refractivity contribution in [3.8, 4) is 0 Å². The molecular formula is C12H12S5. The van der Waals surface area contributed by atoms with Crippen molar-refractivity contribution in [1.82, 2.24) is 0 Å². The van der Waals surface area contributed by atoms with E-state index in [-0.39, 0.29) is 0 Å². The number of hydrogen-bond donors (Lipinski definition) is 0. The molecule has 1 aliphatic heterocycles. The Kier molecular flexibility index (Phi) is 4.45. The molecule has 0 atom stereocenters. The maximum atomic E-state index is 2.32. The summed E-state index contributed by atoms with van der Waals surface area (Å²) in [6.45, 7) is 0. The van der Waals surface area contributed by atoms with Crippen LogP contribution in [0.1, 0.15) is 15.9 Å². The molecule has 3 rings (SSSR count). The molecule has 0 radical (unpaired) electrons. The summed E-state index contributed by atoms with van der Waals surface area (Å²) >= 11 is 9.89. The lowest BCUT2D eigenvalue weighted by atomic mass is 10.5. The number of thiophene rings is 2. The average molecular weight is 317 g/mol. The van der Waals surface area contributed by atoms with E-state index in [2.05, 4.69) is 53.2 Å². The van der Waals surface area contributed by atoms with Gasteiger partial charge in [0, 0.05) is 4.88 Å². The van der Waals surface area contributed by atoms with Gasteiger partial charge < -0.3 is 0 Å². The molecule has 2 aromatic rings. The molecule has 0 nitrogen and oxygen atoms in total. The van der Waals surface area contributed by atoms with Gasteiger partial charge in [0.25, 0.3) is 0 Å². The fourth-order valence-corrected chi connectivity index (χ4v) is 8.01. The molecule has 0 spiro atoms. The summed E-state index contributed by atoms with van der Waals surface area (Å²) in [5.74, 6) is 2.64. The highest BCUT2D eigenvalue weighted by Gasteiger charge is 2.18. The summed E-state index contributed by atoms with van der Waals surface area (Å²) in [6, 6.07) is 8.91. The van der Waals surface area contributed by atoms with Crippen molar-refractivity contribution >= 4 is 58.0 Å². The summed E-state index contributed by atoms with van der Waals surface area (Å²) < 4.78 is 3.50. The molecule has 0 saturated carbocycles. The van der Waals surface area contributed by atoms with Crippen LogP contribution in [0.5, 0.6) is 0 Å². The van der Waals surface area contributed by atoms with Crippen LogP contribution in [0.3, 0.4) is 0 Å². The van der Waals surface area contributed by atoms with Crippen molar-refractivity contribution in [2.75, 3.05) is 11.5 Å². The van der Waals surface area contributed by atoms with E-state index in [4.69, 9.17) is 0 Å². The molecule has 0 N–H and O–H groups in total. The van der Waals surface area contributed by atoms with Gasteiger partial charge in [-0.1, -0.05) is 17.8 Å². The second-order valence-electron chi connectivity index (χ2n) is 3.62. The van der Waals surface area contributed by atoms with Crippen molar-refractivity contribution in [3.05, 3.63) is 34.5 Å². The van der Waals surface area contributed by atoms with E-state index in [9.17, 15) is 0 Å². The first-order valence-corrected chi connectivity index (χ1v) is 10.1. The molecular weight excluding hydrogens is 304 g/mol. The Morgan fingerprint density at radius 1 is 1.06 bits per heavy atom. The normalized spacial score (nSPS) is 17.4. The highest BCUT2D eigenvalue weighted by molar-refractivity contribution is 8.17. The Morgan fingerprint density at radius 2 is 1.94 bits per heavy atom. The summed E-state index contributed by atoms with van der Waals surface area (Å²) in [4.78, 5) is 1.54. The van der Waals surface area contributed by atoms with Crippen LogP contribution in [-0.4, -0.2) is 11.5 Å². The molecule has 1 saturated heterocycles. The lowest BCUT2D eigenvalue weighted by Gasteiger charge is -2.19. The Morgan fingerprint density at radius 3 is 2.71 bits per heavy atom. The van der Waals surface area contributed by atoms with Crippen LogP contribution in [0, 0.1) is 0 Å². The molecule has 0 amide bonds. The molecule has 2 aromatic heterocycles. The van der Waals surface area contributed by atoms with Crippen LogP contribution in [0.25, 0.3) is 0 Å². The van der Waals surface area contributed by atoms with Crippen LogP contribution >= 0.6 is 58.0 Å². The van der Waals surface area contributed by atoms with Crippen LogP contribution in [-0.2, 0) is 0 Å². The maximum Gasteiger partial charge on any atom is 0.0843 e. The second-order valence-corrected chi connectivity index (χ2v) is 10.0. The van der Waals surface area contributed by atoms with Gasteiger partial charge in [-0.3, -0.25) is 0 Å². The predicted octanol–water partition coefficient (Wildman–Crippen LogP) is 5.83. The molecule has 1 aliphatic rings. The monoisotopic (exact) mass is 316 g/mol. The van der Waals surface area contributed by atoms with E-state index in [0.29, 0.717) is 4.58 Å². The van der Waals surface area contributed by atoms with Crippen molar-refractivity contribution in [1.29, 1.82) is 0 Å². The lowest BCUT2D eigenvalue weighted by Crippen LogP contribution is -1.97. The van der Waals surface area contributed by atoms with Gasteiger partial charge in [-0.25, -0.2) is 0 Å². The highest BCUT2D eigenvalue weighted by atomic mass is 32.2. The zero-order valence-corrected chi connectivity index (χ0v) is 13.2. The molecule has 1 fully saturated rings. The van der Waals surface area contributed by atoms with Gasteiger partial charge in [-0.2, -0.15) is 0 Å². The van der Waals surface area contributed by atoms with E-state index >= 15 is 0 Å². The van der Waals surface area contributed by atoms with Crippen molar-refractivity contribution in [2.45, 2.75) is 19.4 Å². The maximum absolute atomic E-state index is 2.32. The third-order valence-corrected chi connectivity index (χ3v) is 8.95. The molecule has 3 heterocycles. The molecule has 90 valence electrons. The predicted molar refractivity (Wildman–Crippen MR) is 85.0 cm³/mol. The highest BCUT2D eigenvalue weighted by Crippen LogP contribution is 2.48. The minimum atomic E-state index is 0.687. The zero-order valence-electron chi connectivity index (χ0n) is 9.13. The standard InChI is InChI=1S/C12H12S5/c1-3-10(13-6-1)17-11-5-4-9(16-11)12-14-7-2-8-15-12/h1,3-6,12H,2,7-8H2. The quantitative estimate of drug-likeness (QED) is 0.699. The SMILES string of the molecule is c1csc(Sc2ccc(C3SCCCS3)s2)c1. The largest absolute Gasteiger partial charge is 0.142 e. The minimum Gasteiger partial charge on any atom is -0.142 e. The summed E-state index contributed by atoms with van der Waals surface area (Å²) in [6.07, 6.45) is 1.37. The zero-order chi connectivity index (χ0) is 11.5. The van der Waals surface area contributed by atoms with Gasteiger partial charge >= 0.3 is 0 Å². The van der Waals surface area contributed by atoms with Crippen LogP contribution < -0.4 is 0 Å². The summed E-state index contributed by atoms with van der Waals surface area (Å²) in [7, 11) is 0. The van der Waals surface area contributed by atoms with Crippen LogP contribution in [0.4, 0.5) is 0 Å². The van der Waals surface area contributed by atoms with E-state index in [1.165, 1.54) is 26.3 Å². The Balaban J connectivity index is 1.69. The van der Waals surface area contributed by atoms with E-state index < -0.39 is 0 Å². The second kappa shape index (κ2) is 6.06. The fraction of sp³-hybridized carbons (Fsp3) is 0.333. The first-order chi connectivity index (χ1) is 8.42. The molecule has 0 unspecified atom stereocenters. The van der Waals surface area contributed by atoms with Gasteiger partial charge in [0.1, 0.15) is 0 Å². The Bertz CT molecular complexity index is 453. The number of hydrogen-bond acceptors (Lipinski definition) is 5. The van der Waals surface area contributed by atoms with E-state index in [1.807, 2.05) is 34.4 Å². The van der Waals surface area contributed by atoms with Crippen LogP contribution in [0.2, 0.25) is 0 Å². The van der Waals surface area contributed by atoms with Crippen molar-refractivity contribution in [2.24, 2.45) is 0 Å². The molecule has 0 aliphatic carbocycles. The van der Waals surface area contributed by atoms with Gasteiger partial charge in [-0.05, 0) is 41.5 Å². The summed E-state index contributed by atoms with van der Waals surface area (Å²) in [5.41, 5.74) is 0. The van der Waals surface area contributed by atoms with Gasteiger partial charge in [-0.15, -0.1) is 46.2 Å². The first-order valence-electron chi connectivity index (χ1n) is 5.46. The Hall–Kier alpha value is 0.450. The first kappa shape index (κ1) is 12.5. The van der Waals surface area contributed by atoms with Gasteiger partial charge in [0.2, 0.25) is 0 Å². The topological polar surface area (TPSA) is 0 Å². The van der Waals surface area contributed by atoms with Crippen molar-refractivity contribution in [3.63, 3.8) is 0 Å². The van der Waals surface area contributed by atoms with Gasteiger partial charge in [0.05, 0.1) is 13.0 Å². The summed E-state index contributed by atoms with van der Waals surface area (Å²) in [5, 5.41) is 2.14. The lowest BCUT2D eigenvalue weighted by molar-refractivity contribution is 1.10. The third kappa shape index (κ3) is 3.26. The van der Waals surface area contributed by atoms with Gasteiger partial charge in [0.15, 0.2) is 0 Å². The van der Waals surface area contributed by atoms with Crippen LogP contribution in [0.15, 0.2) is 38.1 Å². The number of thioether (sulfide) groups is 2. The molecule has 0 bridgehead atoms. The third-order valence-electron chi connectivity index (χ3n) is 2.36. The fourth-order valence-electron chi connectivity index (χ4n) is 1.59. The average Bonchev–Trinajstić information content (AvgIpc) is 3.02. The Labute approximate surface area is 123 Å². The molecule has 17 heavy (non-hydrogen) atoms. The van der Waals surface area contributed by atoms with Crippen molar-refractivity contribution < 1.29 is 0 Å². The molecule has 0 aromatic carbocycles. The van der Waals surface area contributed by atoms with E-state index in [1.54, 1.807) is 4.88 Å². The smallest absolute Gasteiger partial charge is 0.0843 e.